The summed E-state index contributed by atoms with van der Waals surface area (Å²) in [5.41, 5.74) is -0.398. The van der Waals surface area contributed by atoms with Crippen LogP contribution in [0.4, 0.5) is 4.39 Å². The third-order valence-electron chi connectivity index (χ3n) is 6.46. The zero-order valence-corrected chi connectivity index (χ0v) is 21.0. The molecular weight excluding hydrogens is 465 g/mol. The van der Waals surface area contributed by atoms with Crippen molar-refractivity contribution in [2.24, 2.45) is 0 Å². The zero-order valence-electron chi connectivity index (χ0n) is 21.0. The van der Waals surface area contributed by atoms with Gasteiger partial charge in [-0.1, -0.05) is 52.2 Å². The molecule has 9 nitrogen and oxygen atoms in total. The molecule has 4 rings (SSSR count). The quantitative estimate of drug-likeness (QED) is 0.362. The zero-order chi connectivity index (χ0) is 26.0. The molecule has 10 heteroatoms. The highest BCUT2D eigenvalue weighted by molar-refractivity contribution is 5.76. The van der Waals surface area contributed by atoms with Gasteiger partial charge < -0.3 is 5.11 Å². The monoisotopic (exact) mass is 497 g/mol. The predicted octanol–water partition coefficient (Wildman–Crippen LogP) is 3.42. The minimum Gasteiger partial charge on any atom is -0.494 e. The summed E-state index contributed by atoms with van der Waals surface area (Å²) in [6.07, 6.45) is 3.87. The first-order chi connectivity index (χ1) is 17.3. The largest absolute Gasteiger partial charge is 0.494 e. The van der Waals surface area contributed by atoms with Crippen LogP contribution in [0, 0.1) is 5.82 Å². The molecule has 3 heterocycles. The molecule has 1 N–H and O–H groups in total. The number of rotatable bonds is 10. The van der Waals surface area contributed by atoms with Crippen LogP contribution in [-0.2, 0) is 26.1 Å². The first kappa shape index (κ1) is 25.4. The number of aryl methyl sites for hydroxylation is 1. The summed E-state index contributed by atoms with van der Waals surface area (Å²) in [6, 6.07) is 5.76. The first-order valence-corrected chi connectivity index (χ1v) is 12.6. The van der Waals surface area contributed by atoms with Crippen LogP contribution in [0.2, 0.25) is 0 Å². The molecule has 1 aromatic carbocycles. The number of aromatic nitrogens is 5. The topological polar surface area (TPSA) is 104 Å². The van der Waals surface area contributed by atoms with E-state index in [1.165, 1.54) is 30.2 Å². The van der Waals surface area contributed by atoms with E-state index >= 15 is 0 Å². The molecule has 0 saturated heterocycles. The van der Waals surface area contributed by atoms with Crippen LogP contribution in [0.25, 0.3) is 16.9 Å². The molecule has 0 aliphatic carbocycles. The molecule has 0 aliphatic rings. The van der Waals surface area contributed by atoms with E-state index in [9.17, 15) is 23.9 Å². The van der Waals surface area contributed by atoms with E-state index in [0.29, 0.717) is 37.8 Å². The summed E-state index contributed by atoms with van der Waals surface area (Å²) in [5, 5.41) is 11.2. The Labute approximate surface area is 207 Å². The standard InChI is InChI=1S/C26H32FN5O4/c1-4-7-14-29-21-20(24(35)30(26(29)36)15-8-5-2)32-23(34)19(9-6-3)22(33)31(25(32)28-21)16-17-10-12-18(27)13-11-17/h10-13,34H,4-9,14-16H2,1-3H3. The molecule has 0 saturated carbocycles. The van der Waals surface area contributed by atoms with Gasteiger partial charge in [-0.3, -0.25) is 23.3 Å². The van der Waals surface area contributed by atoms with Gasteiger partial charge >= 0.3 is 5.69 Å². The Hall–Kier alpha value is -3.69. The highest BCUT2D eigenvalue weighted by Crippen LogP contribution is 2.23. The Balaban J connectivity index is 2.14. The van der Waals surface area contributed by atoms with Gasteiger partial charge in [0.2, 0.25) is 11.7 Å². The average molecular weight is 498 g/mol. The summed E-state index contributed by atoms with van der Waals surface area (Å²) < 4.78 is 18.8. The lowest BCUT2D eigenvalue weighted by atomic mass is 10.1. The van der Waals surface area contributed by atoms with Gasteiger partial charge in [-0.2, -0.15) is 4.98 Å². The number of halogens is 1. The SMILES string of the molecule is CCCCn1c(=O)c2c(nc3n(Cc4ccc(F)cc4)c(=O)c(CCC)c(O)n23)n(CCCC)c1=O. The third kappa shape index (κ3) is 4.36. The number of hydrogen-bond donors (Lipinski definition) is 1. The van der Waals surface area contributed by atoms with Crippen molar-refractivity contribution in [3.05, 3.63) is 72.4 Å². The van der Waals surface area contributed by atoms with Crippen LogP contribution in [0.15, 0.2) is 38.6 Å². The summed E-state index contributed by atoms with van der Waals surface area (Å²) >= 11 is 0. The van der Waals surface area contributed by atoms with E-state index in [-0.39, 0.29) is 41.5 Å². The Kier molecular flexibility index (Phi) is 7.42. The Morgan fingerprint density at radius 3 is 2.11 bits per heavy atom. The summed E-state index contributed by atoms with van der Waals surface area (Å²) in [5.74, 6) is -0.672. The summed E-state index contributed by atoms with van der Waals surface area (Å²) in [7, 11) is 0. The van der Waals surface area contributed by atoms with Crippen LogP contribution >= 0.6 is 0 Å². The molecule has 0 radical (unpaired) electrons. The number of benzene rings is 1. The maximum Gasteiger partial charge on any atom is 0.332 e. The number of imidazole rings is 1. The summed E-state index contributed by atoms with van der Waals surface area (Å²) in [6.45, 7) is 6.53. The third-order valence-corrected chi connectivity index (χ3v) is 6.46. The molecule has 0 bridgehead atoms. The van der Waals surface area contributed by atoms with Crippen LogP contribution in [-0.4, -0.2) is 28.2 Å². The molecule has 0 aliphatic heterocycles. The Bertz CT molecular complexity index is 1580. The second kappa shape index (κ2) is 10.5. The lowest BCUT2D eigenvalue weighted by Crippen LogP contribution is -2.40. The van der Waals surface area contributed by atoms with Crippen LogP contribution in [0.5, 0.6) is 5.88 Å². The van der Waals surface area contributed by atoms with Crippen LogP contribution in [0.1, 0.15) is 64.0 Å². The maximum atomic E-state index is 13.6. The fraction of sp³-hybridized carbons (Fsp3) is 0.462. The molecule has 0 spiro atoms. The van der Waals surface area contributed by atoms with E-state index in [4.69, 9.17) is 0 Å². The van der Waals surface area contributed by atoms with Gasteiger partial charge in [0.1, 0.15) is 5.82 Å². The van der Waals surface area contributed by atoms with E-state index < -0.39 is 22.6 Å². The van der Waals surface area contributed by atoms with Gasteiger partial charge in [-0.25, -0.2) is 13.6 Å². The lowest BCUT2D eigenvalue weighted by molar-refractivity contribution is 0.433. The molecule has 0 amide bonds. The number of nitrogens with zero attached hydrogens (tertiary/aromatic N) is 5. The second-order valence-electron chi connectivity index (χ2n) is 9.09. The second-order valence-corrected chi connectivity index (χ2v) is 9.09. The van der Waals surface area contributed by atoms with E-state index in [2.05, 4.69) is 4.98 Å². The number of unbranched alkanes of at least 4 members (excludes halogenated alkanes) is 2. The molecule has 3 aromatic heterocycles. The molecule has 192 valence electrons. The van der Waals surface area contributed by atoms with Gasteiger partial charge in [0.05, 0.1) is 12.1 Å². The average Bonchev–Trinajstić information content (AvgIpc) is 3.26. The highest BCUT2D eigenvalue weighted by atomic mass is 19.1. The van der Waals surface area contributed by atoms with Crippen molar-refractivity contribution in [2.75, 3.05) is 0 Å². The fourth-order valence-electron chi connectivity index (χ4n) is 4.51. The van der Waals surface area contributed by atoms with Crippen molar-refractivity contribution in [1.29, 1.82) is 0 Å². The normalized spacial score (nSPS) is 11.7. The van der Waals surface area contributed by atoms with Crippen molar-refractivity contribution in [2.45, 2.75) is 78.9 Å². The minimum atomic E-state index is -0.548. The van der Waals surface area contributed by atoms with Crippen LogP contribution < -0.4 is 16.8 Å². The number of aromatic hydroxyl groups is 1. The van der Waals surface area contributed by atoms with E-state index in [1.54, 1.807) is 12.1 Å². The van der Waals surface area contributed by atoms with Crippen molar-refractivity contribution in [3.8, 4) is 5.88 Å². The van der Waals surface area contributed by atoms with Crippen molar-refractivity contribution in [3.63, 3.8) is 0 Å². The molecule has 0 unspecified atom stereocenters. The Morgan fingerprint density at radius 2 is 1.50 bits per heavy atom. The molecule has 0 atom stereocenters. The maximum absolute atomic E-state index is 13.6. The van der Waals surface area contributed by atoms with E-state index in [0.717, 1.165) is 12.8 Å². The van der Waals surface area contributed by atoms with Crippen molar-refractivity contribution >= 4 is 16.9 Å². The fourth-order valence-corrected chi connectivity index (χ4v) is 4.51. The van der Waals surface area contributed by atoms with Gasteiger partial charge in [0.25, 0.3) is 11.1 Å². The number of hydrogen-bond acceptors (Lipinski definition) is 5. The Morgan fingerprint density at radius 1 is 0.861 bits per heavy atom. The summed E-state index contributed by atoms with van der Waals surface area (Å²) in [4.78, 5) is 45.0. The first-order valence-electron chi connectivity index (χ1n) is 12.6. The van der Waals surface area contributed by atoms with Gasteiger partial charge in [0, 0.05) is 13.1 Å². The predicted molar refractivity (Wildman–Crippen MR) is 136 cm³/mol. The molecule has 4 aromatic rings. The van der Waals surface area contributed by atoms with Crippen LogP contribution in [0.3, 0.4) is 0 Å². The lowest BCUT2D eigenvalue weighted by Gasteiger charge is -2.13. The minimum absolute atomic E-state index is 0.0617. The molecule has 36 heavy (non-hydrogen) atoms. The molecule has 0 fully saturated rings. The van der Waals surface area contributed by atoms with Crippen molar-refractivity contribution < 1.29 is 9.50 Å². The number of fused-ring (bicyclic) bond motifs is 3. The smallest absolute Gasteiger partial charge is 0.332 e. The van der Waals surface area contributed by atoms with Gasteiger partial charge in [0.15, 0.2) is 11.2 Å². The van der Waals surface area contributed by atoms with Gasteiger partial charge in [-0.15, -0.1) is 0 Å². The highest BCUT2D eigenvalue weighted by Gasteiger charge is 2.25. The van der Waals surface area contributed by atoms with Gasteiger partial charge in [-0.05, 0) is 37.0 Å². The molecular formula is C26H32FN5O4. The van der Waals surface area contributed by atoms with E-state index in [1.807, 2.05) is 20.8 Å². The van der Waals surface area contributed by atoms with Crippen molar-refractivity contribution in [1.82, 2.24) is 23.1 Å².